The van der Waals surface area contributed by atoms with Crippen LogP contribution in [0.5, 0.6) is 5.75 Å². The largest absolute Gasteiger partial charge is 0.491 e. The summed E-state index contributed by atoms with van der Waals surface area (Å²) in [7, 11) is 0. The Morgan fingerprint density at radius 2 is 1.64 bits per heavy atom. The van der Waals surface area contributed by atoms with Gasteiger partial charge in [0.2, 0.25) is 0 Å². The lowest BCUT2D eigenvalue weighted by Gasteiger charge is -2.36. The topological polar surface area (TPSA) is 73.3 Å². The highest BCUT2D eigenvalue weighted by Crippen LogP contribution is 2.36. The maximum absolute atomic E-state index is 14.6. The van der Waals surface area contributed by atoms with Crippen LogP contribution in [0.15, 0.2) is 54.2 Å². The molecule has 33 heavy (non-hydrogen) atoms. The molecule has 0 aromatic heterocycles. The molecule has 7 nitrogen and oxygen atoms in total. The van der Waals surface area contributed by atoms with Gasteiger partial charge < -0.3 is 14.7 Å². The number of β-amino-alcohol motifs (C(OH)–C–C–N with tert-alkyl or cyclic N) is 1. The Morgan fingerprint density at radius 3 is 2.24 bits per heavy atom. The van der Waals surface area contributed by atoms with E-state index in [0.29, 0.717) is 44.0 Å². The van der Waals surface area contributed by atoms with Gasteiger partial charge in [-0.3, -0.25) is 14.5 Å². The third-order valence-corrected chi connectivity index (χ3v) is 5.77. The number of carbonyl (C=O) groups excluding carboxylic acids is 2. The first-order valence-corrected chi connectivity index (χ1v) is 11.1. The number of aliphatic hydroxyl groups is 1. The molecule has 1 fully saturated rings. The Kier molecular flexibility index (Phi) is 6.76. The zero-order chi connectivity index (χ0) is 23.5. The van der Waals surface area contributed by atoms with Crippen LogP contribution in [0.4, 0.5) is 10.1 Å². The van der Waals surface area contributed by atoms with Gasteiger partial charge in [0.25, 0.3) is 11.8 Å². The smallest absolute Gasteiger partial charge is 0.282 e. The zero-order valence-electron chi connectivity index (χ0n) is 18.8. The van der Waals surface area contributed by atoms with E-state index in [4.69, 9.17) is 4.74 Å². The summed E-state index contributed by atoms with van der Waals surface area (Å²) in [5.74, 6) is -1.04. The Bertz CT molecular complexity index is 1060. The average Bonchev–Trinajstić information content (AvgIpc) is 3.05. The molecule has 0 aliphatic carbocycles. The molecule has 0 spiro atoms. The Hall–Kier alpha value is -3.23. The van der Waals surface area contributed by atoms with Gasteiger partial charge in [-0.05, 0) is 43.7 Å². The van der Waals surface area contributed by atoms with Crippen molar-refractivity contribution < 1.29 is 23.8 Å². The lowest BCUT2D eigenvalue weighted by molar-refractivity contribution is -0.120. The molecule has 174 valence electrons. The maximum atomic E-state index is 14.6. The van der Waals surface area contributed by atoms with E-state index in [-0.39, 0.29) is 29.7 Å². The van der Waals surface area contributed by atoms with Crippen molar-refractivity contribution in [3.63, 3.8) is 0 Å². The summed E-state index contributed by atoms with van der Waals surface area (Å²) in [6.07, 6.45) is 0.00656. The molecule has 1 saturated heterocycles. The molecule has 1 N–H and O–H groups in total. The molecule has 4 rings (SSSR count). The molecule has 2 amide bonds. The normalized spacial score (nSPS) is 17.5. The second-order valence-electron chi connectivity index (χ2n) is 8.36. The van der Waals surface area contributed by atoms with E-state index in [1.54, 1.807) is 30.3 Å². The van der Waals surface area contributed by atoms with E-state index in [1.807, 2.05) is 18.7 Å². The fourth-order valence-corrected chi connectivity index (χ4v) is 4.23. The number of ether oxygens (including phenoxy) is 1. The van der Waals surface area contributed by atoms with Gasteiger partial charge in [-0.2, -0.15) is 0 Å². The van der Waals surface area contributed by atoms with Crippen molar-refractivity contribution in [1.82, 2.24) is 9.80 Å². The van der Waals surface area contributed by atoms with Gasteiger partial charge in [-0.1, -0.05) is 24.3 Å². The molecule has 8 heteroatoms. The SMILES string of the molecule is CC(C)Oc1ccc(C2=C(N3CCN(CCO)CC3)C(=O)N(c3ccccc3F)C2=O)cc1. The minimum Gasteiger partial charge on any atom is -0.491 e. The molecular weight excluding hydrogens is 425 g/mol. The molecule has 0 unspecified atom stereocenters. The van der Waals surface area contributed by atoms with Crippen LogP contribution in [0.3, 0.4) is 0 Å². The number of anilines is 1. The first-order chi connectivity index (χ1) is 15.9. The third-order valence-electron chi connectivity index (χ3n) is 5.77. The molecule has 0 atom stereocenters. The molecule has 2 aromatic rings. The van der Waals surface area contributed by atoms with Crippen LogP contribution >= 0.6 is 0 Å². The van der Waals surface area contributed by atoms with Gasteiger partial charge in [0.1, 0.15) is 17.3 Å². The molecule has 0 saturated carbocycles. The molecule has 0 bridgehead atoms. The highest BCUT2D eigenvalue weighted by Gasteiger charge is 2.43. The van der Waals surface area contributed by atoms with Crippen LogP contribution in [0.2, 0.25) is 0 Å². The summed E-state index contributed by atoms with van der Waals surface area (Å²) in [6.45, 7) is 6.84. The van der Waals surface area contributed by atoms with Gasteiger partial charge in [-0.15, -0.1) is 0 Å². The number of hydrogen-bond acceptors (Lipinski definition) is 6. The van der Waals surface area contributed by atoms with E-state index in [9.17, 15) is 19.1 Å². The number of benzene rings is 2. The molecule has 2 aliphatic rings. The van der Waals surface area contributed by atoms with Crippen molar-refractivity contribution in [2.75, 3.05) is 44.2 Å². The Balaban J connectivity index is 1.73. The van der Waals surface area contributed by atoms with Gasteiger partial charge in [-0.25, -0.2) is 9.29 Å². The molecule has 2 heterocycles. The highest BCUT2D eigenvalue weighted by atomic mass is 19.1. The summed E-state index contributed by atoms with van der Waals surface area (Å²) in [5.41, 5.74) is 1.06. The van der Waals surface area contributed by atoms with Crippen molar-refractivity contribution in [2.24, 2.45) is 0 Å². The minimum atomic E-state index is -0.631. The summed E-state index contributed by atoms with van der Waals surface area (Å²) >= 11 is 0. The van der Waals surface area contributed by atoms with Crippen molar-refractivity contribution in [3.05, 3.63) is 65.6 Å². The molecule has 2 aliphatic heterocycles. The van der Waals surface area contributed by atoms with Gasteiger partial charge in [0.15, 0.2) is 0 Å². The number of carbonyl (C=O) groups is 2. The lowest BCUT2D eigenvalue weighted by Crippen LogP contribution is -2.48. The number of amides is 2. The number of nitrogens with zero attached hydrogens (tertiary/aromatic N) is 3. The van der Waals surface area contributed by atoms with E-state index in [1.165, 1.54) is 18.2 Å². The molecular formula is C25H28FN3O4. The Morgan fingerprint density at radius 1 is 0.970 bits per heavy atom. The van der Waals surface area contributed by atoms with Gasteiger partial charge >= 0.3 is 0 Å². The summed E-state index contributed by atoms with van der Waals surface area (Å²) in [5, 5.41) is 9.21. The van der Waals surface area contributed by atoms with Gasteiger partial charge in [0, 0.05) is 32.7 Å². The minimum absolute atomic E-state index is 0.00656. The molecule has 2 aromatic carbocycles. The standard InChI is InChI=1S/C25H28FN3O4/c1-17(2)33-19-9-7-18(8-10-19)22-23(28-13-11-27(12-14-28)15-16-30)25(32)29(24(22)31)21-6-4-3-5-20(21)26/h3-10,17,30H,11-16H2,1-2H3. The first-order valence-electron chi connectivity index (χ1n) is 11.1. The quantitative estimate of drug-likeness (QED) is 0.650. The van der Waals surface area contributed by atoms with Crippen LogP contribution < -0.4 is 9.64 Å². The van der Waals surface area contributed by atoms with Crippen molar-refractivity contribution in [2.45, 2.75) is 20.0 Å². The maximum Gasteiger partial charge on any atom is 0.282 e. The van der Waals surface area contributed by atoms with E-state index in [0.717, 1.165) is 4.90 Å². The number of piperazine rings is 1. The highest BCUT2D eigenvalue weighted by molar-refractivity contribution is 6.45. The monoisotopic (exact) mass is 453 g/mol. The summed E-state index contributed by atoms with van der Waals surface area (Å²) in [4.78, 5) is 32.0. The number of rotatable bonds is 7. The van der Waals surface area contributed by atoms with Crippen molar-refractivity contribution >= 4 is 23.1 Å². The first kappa shape index (κ1) is 22.9. The number of para-hydroxylation sites is 1. The van der Waals surface area contributed by atoms with Crippen LogP contribution in [0, 0.1) is 5.82 Å². The Labute approximate surface area is 192 Å². The average molecular weight is 454 g/mol. The van der Waals surface area contributed by atoms with Crippen molar-refractivity contribution in [1.29, 1.82) is 0 Å². The molecule has 0 radical (unpaired) electrons. The number of hydrogen-bond donors (Lipinski definition) is 1. The van der Waals surface area contributed by atoms with E-state index < -0.39 is 17.6 Å². The van der Waals surface area contributed by atoms with Crippen LogP contribution in [0.1, 0.15) is 19.4 Å². The second kappa shape index (κ2) is 9.72. The fourth-order valence-electron chi connectivity index (χ4n) is 4.23. The lowest BCUT2D eigenvalue weighted by atomic mass is 10.0. The zero-order valence-corrected chi connectivity index (χ0v) is 18.8. The summed E-state index contributed by atoms with van der Waals surface area (Å²) < 4.78 is 20.3. The van der Waals surface area contributed by atoms with Crippen LogP contribution in [-0.2, 0) is 9.59 Å². The number of imide groups is 1. The second-order valence-corrected chi connectivity index (χ2v) is 8.36. The van der Waals surface area contributed by atoms with Gasteiger partial charge in [0.05, 0.1) is 24.0 Å². The van der Waals surface area contributed by atoms with Crippen LogP contribution in [0.25, 0.3) is 5.57 Å². The van der Waals surface area contributed by atoms with Crippen molar-refractivity contribution in [3.8, 4) is 5.75 Å². The van der Waals surface area contributed by atoms with E-state index in [2.05, 4.69) is 4.90 Å². The van der Waals surface area contributed by atoms with Crippen LogP contribution in [-0.4, -0.2) is 72.2 Å². The van der Waals surface area contributed by atoms with E-state index >= 15 is 0 Å². The number of aliphatic hydroxyl groups excluding tert-OH is 1. The predicted octanol–water partition coefficient (Wildman–Crippen LogP) is 2.51. The fraction of sp³-hybridized carbons (Fsp3) is 0.360. The number of halogens is 1. The third kappa shape index (κ3) is 4.62. The summed E-state index contributed by atoms with van der Waals surface area (Å²) in [6, 6.07) is 12.8. The predicted molar refractivity (Wildman–Crippen MR) is 123 cm³/mol.